The van der Waals surface area contributed by atoms with Crippen molar-refractivity contribution < 1.29 is 24.8 Å². The lowest BCUT2D eigenvalue weighted by Crippen LogP contribution is -2.56. The zero-order valence-corrected chi connectivity index (χ0v) is 7.70. The lowest BCUT2D eigenvalue weighted by Gasteiger charge is -2.36. The third kappa shape index (κ3) is 1.40. The van der Waals surface area contributed by atoms with Crippen LogP contribution in [0.2, 0.25) is 0 Å². The van der Waals surface area contributed by atoms with E-state index in [1.54, 1.807) is 6.92 Å². The van der Waals surface area contributed by atoms with Crippen molar-refractivity contribution in [2.45, 2.75) is 37.6 Å². The number of aliphatic hydroxyl groups excluding tert-OH is 3. The van der Waals surface area contributed by atoms with E-state index in [1.165, 1.54) is 0 Å². The molecule has 2 aliphatic rings. The summed E-state index contributed by atoms with van der Waals surface area (Å²) in [7, 11) is 0. The van der Waals surface area contributed by atoms with Gasteiger partial charge in [-0.1, -0.05) is 0 Å². The van der Waals surface area contributed by atoms with Gasteiger partial charge in [0.05, 0.1) is 6.61 Å². The molecule has 2 rings (SSSR count). The average molecular weight is 203 g/mol. The number of fused-ring (bicyclic) bond motifs is 1. The molecule has 0 saturated carbocycles. The summed E-state index contributed by atoms with van der Waals surface area (Å²) in [6.45, 7) is 1.29. The Bertz CT molecular complexity index is 256. The lowest BCUT2D eigenvalue weighted by atomic mass is 9.98. The Morgan fingerprint density at radius 3 is 2.71 bits per heavy atom. The Morgan fingerprint density at radius 1 is 1.36 bits per heavy atom. The van der Waals surface area contributed by atoms with Gasteiger partial charge in [0.2, 0.25) is 6.29 Å². The van der Waals surface area contributed by atoms with Gasteiger partial charge in [-0.05, 0) is 0 Å². The van der Waals surface area contributed by atoms with E-state index < -0.39 is 30.6 Å². The monoisotopic (exact) mass is 203 g/mol. The molecule has 2 heterocycles. The molecular weight excluding hydrogens is 190 g/mol. The first-order chi connectivity index (χ1) is 6.63. The van der Waals surface area contributed by atoms with Gasteiger partial charge in [0.25, 0.3) is 0 Å². The molecule has 0 spiro atoms. The molecule has 3 N–H and O–H groups in total. The van der Waals surface area contributed by atoms with E-state index in [1.807, 2.05) is 0 Å². The highest BCUT2D eigenvalue weighted by Gasteiger charge is 2.48. The maximum Gasteiger partial charge on any atom is 0.227 e. The first kappa shape index (κ1) is 9.85. The molecule has 6 heteroatoms. The molecule has 0 bridgehead atoms. The van der Waals surface area contributed by atoms with Crippen molar-refractivity contribution in [1.82, 2.24) is 0 Å². The zero-order chi connectivity index (χ0) is 10.3. The molecule has 0 aromatic rings. The van der Waals surface area contributed by atoms with E-state index in [0.717, 1.165) is 0 Å². The van der Waals surface area contributed by atoms with Gasteiger partial charge in [-0.15, -0.1) is 0 Å². The molecule has 0 radical (unpaired) electrons. The van der Waals surface area contributed by atoms with Crippen molar-refractivity contribution in [3.05, 3.63) is 0 Å². The van der Waals surface area contributed by atoms with E-state index in [2.05, 4.69) is 4.99 Å². The summed E-state index contributed by atoms with van der Waals surface area (Å²) in [4.78, 5) is 3.99. The van der Waals surface area contributed by atoms with Crippen LogP contribution < -0.4 is 0 Å². The largest absolute Gasteiger partial charge is 0.450 e. The quantitative estimate of drug-likeness (QED) is 0.469. The number of aliphatic imine (C=N–C) groups is 1. The van der Waals surface area contributed by atoms with E-state index in [0.29, 0.717) is 5.90 Å². The molecule has 0 aromatic carbocycles. The molecule has 14 heavy (non-hydrogen) atoms. The van der Waals surface area contributed by atoms with Crippen LogP contribution in [-0.2, 0) is 9.47 Å². The van der Waals surface area contributed by atoms with Gasteiger partial charge in [-0.3, -0.25) is 0 Å². The van der Waals surface area contributed by atoms with Crippen molar-refractivity contribution in [2.24, 2.45) is 4.99 Å². The maximum atomic E-state index is 9.64. The Labute approximate surface area is 80.8 Å². The summed E-state index contributed by atoms with van der Waals surface area (Å²) in [5, 5.41) is 28.0. The van der Waals surface area contributed by atoms with Crippen LogP contribution in [0.1, 0.15) is 6.92 Å². The summed E-state index contributed by atoms with van der Waals surface area (Å²) in [5.41, 5.74) is 0. The van der Waals surface area contributed by atoms with Gasteiger partial charge in [0.1, 0.15) is 24.4 Å². The molecule has 1 unspecified atom stereocenters. The molecule has 2 aliphatic heterocycles. The van der Waals surface area contributed by atoms with Crippen LogP contribution in [0.3, 0.4) is 0 Å². The van der Waals surface area contributed by atoms with Crippen molar-refractivity contribution in [2.75, 3.05) is 6.61 Å². The van der Waals surface area contributed by atoms with Gasteiger partial charge in [0, 0.05) is 6.92 Å². The van der Waals surface area contributed by atoms with Gasteiger partial charge in [0.15, 0.2) is 5.90 Å². The van der Waals surface area contributed by atoms with Crippen molar-refractivity contribution in [3.8, 4) is 0 Å². The normalized spacial score (nSPS) is 46.9. The number of nitrogens with zero attached hydrogens (tertiary/aromatic N) is 1. The number of ether oxygens (including phenoxy) is 2. The van der Waals surface area contributed by atoms with Gasteiger partial charge in [-0.2, -0.15) is 0 Å². The van der Waals surface area contributed by atoms with Crippen LogP contribution in [0.15, 0.2) is 4.99 Å². The minimum Gasteiger partial charge on any atom is -0.450 e. The third-order valence-corrected chi connectivity index (χ3v) is 2.47. The highest BCUT2D eigenvalue weighted by molar-refractivity contribution is 5.75. The summed E-state index contributed by atoms with van der Waals surface area (Å²) in [5.74, 6) is 0.421. The Hall–Kier alpha value is -0.690. The summed E-state index contributed by atoms with van der Waals surface area (Å²) in [6, 6.07) is -0.590. The van der Waals surface area contributed by atoms with Gasteiger partial charge < -0.3 is 24.8 Å². The van der Waals surface area contributed by atoms with Gasteiger partial charge in [-0.25, -0.2) is 4.99 Å². The number of hydrogen-bond acceptors (Lipinski definition) is 6. The fourth-order valence-electron chi connectivity index (χ4n) is 1.71. The molecule has 0 aromatic heterocycles. The predicted molar refractivity (Wildman–Crippen MR) is 45.7 cm³/mol. The van der Waals surface area contributed by atoms with Crippen molar-refractivity contribution in [1.29, 1.82) is 0 Å². The molecule has 0 amide bonds. The number of rotatable bonds is 1. The van der Waals surface area contributed by atoms with E-state index in [-0.39, 0.29) is 6.61 Å². The SMILES string of the molecule is CC1=N[C@@H]2C(O1)O[C@H](CO)[C@@H](O)[C@@H]2O. The average Bonchev–Trinajstić information content (AvgIpc) is 2.52. The lowest BCUT2D eigenvalue weighted by molar-refractivity contribution is -0.234. The topological polar surface area (TPSA) is 91.5 Å². The molecule has 6 nitrogen and oxygen atoms in total. The van der Waals surface area contributed by atoms with Crippen LogP contribution in [-0.4, -0.2) is 58.5 Å². The minimum absolute atomic E-state index is 0.357. The highest BCUT2D eigenvalue weighted by Crippen LogP contribution is 2.28. The van der Waals surface area contributed by atoms with Crippen molar-refractivity contribution in [3.63, 3.8) is 0 Å². The minimum atomic E-state index is -1.13. The highest BCUT2D eigenvalue weighted by atomic mass is 16.7. The second-order valence-electron chi connectivity index (χ2n) is 3.46. The predicted octanol–water partition coefficient (Wildman–Crippen LogP) is -1.76. The van der Waals surface area contributed by atoms with Crippen LogP contribution in [0.25, 0.3) is 0 Å². The Kier molecular flexibility index (Phi) is 2.44. The Balaban J connectivity index is 2.14. The smallest absolute Gasteiger partial charge is 0.227 e. The fraction of sp³-hybridized carbons (Fsp3) is 0.875. The molecule has 1 saturated heterocycles. The summed E-state index contributed by atoms with van der Waals surface area (Å²) in [6.07, 6.45) is -3.68. The molecular formula is C8H13NO5. The fourth-order valence-corrected chi connectivity index (χ4v) is 1.71. The van der Waals surface area contributed by atoms with Crippen LogP contribution in [0.5, 0.6) is 0 Å². The van der Waals surface area contributed by atoms with E-state index >= 15 is 0 Å². The van der Waals surface area contributed by atoms with Gasteiger partial charge >= 0.3 is 0 Å². The first-order valence-electron chi connectivity index (χ1n) is 4.47. The molecule has 1 fully saturated rings. The van der Waals surface area contributed by atoms with Crippen LogP contribution >= 0.6 is 0 Å². The zero-order valence-electron chi connectivity index (χ0n) is 7.70. The summed E-state index contributed by atoms with van der Waals surface area (Å²) >= 11 is 0. The van der Waals surface area contributed by atoms with Crippen LogP contribution in [0.4, 0.5) is 0 Å². The maximum absolute atomic E-state index is 9.64. The van der Waals surface area contributed by atoms with E-state index in [4.69, 9.17) is 14.6 Å². The molecule has 80 valence electrons. The standard InChI is InChI=1S/C8H13NO5/c1-3-9-5-7(12)6(11)4(2-10)14-8(5)13-3/h4-8,10-12H,2H2,1H3/t4-,5+,6-,7-,8?/m1/s1. The Morgan fingerprint density at radius 2 is 2.07 bits per heavy atom. The third-order valence-electron chi connectivity index (χ3n) is 2.47. The van der Waals surface area contributed by atoms with E-state index in [9.17, 15) is 10.2 Å². The number of aliphatic hydroxyl groups is 3. The second kappa shape index (κ2) is 3.47. The molecule has 0 aliphatic carbocycles. The first-order valence-corrected chi connectivity index (χ1v) is 4.47. The molecule has 5 atom stereocenters. The van der Waals surface area contributed by atoms with Crippen LogP contribution in [0, 0.1) is 0 Å². The second-order valence-corrected chi connectivity index (χ2v) is 3.46. The van der Waals surface area contributed by atoms with Crippen molar-refractivity contribution >= 4 is 5.90 Å². The summed E-state index contributed by atoms with van der Waals surface area (Å²) < 4.78 is 10.4. The number of hydrogen-bond donors (Lipinski definition) is 3.